The van der Waals surface area contributed by atoms with Crippen molar-refractivity contribution in [3.05, 3.63) is 93.5 Å². The number of amides is 1. The lowest BCUT2D eigenvalue weighted by molar-refractivity contribution is -0.385. The van der Waals surface area contributed by atoms with Crippen molar-refractivity contribution >= 4 is 21.7 Å². The third-order valence-electron chi connectivity index (χ3n) is 4.61. The van der Waals surface area contributed by atoms with E-state index in [2.05, 4.69) is 5.32 Å². The highest BCUT2D eigenvalue weighted by atomic mass is 32.2. The number of ether oxygens (including phenoxy) is 1. The minimum Gasteiger partial charge on any atom is -0.496 e. The summed E-state index contributed by atoms with van der Waals surface area (Å²) in [5.41, 5.74) is 1.06. The molecule has 3 aromatic carbocycles. The van der Waals surface area contributed by atoms with E-state index >= 15 is 0 Å². The maximum absolute atomic E-state index is 12.6. The Kier molecular flexibility index (Phi) is 6.74. The van der Waals surface area contributed by atoms with Crippen molar-refractivity contribution < 1.29 is 27.1 Å². The number of benzene rings is 3. The fraction of sp³-hybridized carbons (Fsp3) is 0.136. The summed E-state index contributed by atoms with van der Waals surface area (Å²) in [6, 6.07) is 16.3. The molecule has 0 bridgehead atoms. The molecular formula is C22H20N2O7S. The normalized spacial score (nSPS) is 10.9. The molecular weight excluding hydrogens is 436 g/mol. The first-order valence-corrected chi connectivity index (χ1v) is 10.8. The van der Waals surface area contributed by atoms with E-state index in [0.29, 0.717) is 16.9 Å². The Morgan fingerprint density at radius 3 is 2.41 bits per heavy atom. The average molecular weight is 456 g/mol. The zero-order chi connectivity index (χ0) is 23.3. The number of methoxy groups -OCH3 is 1. The Morgan fingerprint density at radius 2 is 1.75 bits per heavy atom. The third kappa shape index (κ3) is 5.22. The number of nitrogens with zero attached hydrogens (tertiary/aromatic N) is 1. The van der Waals surface area contributed by atoms with Gasteiger partial charge in [0.15, 0.2) is 0 Å². The fourth-order valence-electron chi connectivity index (χ4n) is 2.93. The van der Waals surface area contributed by atoms with Crippen LogP contribution in [0.2, 0.25) is 0 Å². The Bertz CT molecular complexity index is 1260. The van der Waals surface area contributed by atoms with E-state index in [-0.39, 0.29) is 28.8 Å². The predicted molar refractivity (Wildman–Crippen MR) is 116 cm³/mol. The highest BCUT2D eigenvalue weighted by molar-refractivity contribution is 7.87. The fourth-order valence-corrected chi connectivity index (χ4v) is 4.11. The number of rotatable bonds is 8. The van der Waals surface area contributed by atoms with Crippen LogP contribution in [0.4, 0.5) is 5.69 Å². The molecule has 3 aromatic rings. The summed E-state index contributed by atoms with van der Waals surface area (Å²) in [5.74, 6) is 0.259. The first-order chi connectivity index (χ1) is 15.2. The molecule has 0 heterocycles. The summed E-state index contributed by atoms with van der Waals surface area (Å²) in [5, 5.41) is 13.7. The van der Waals surface area contributed by atoms with Gasteiger partial charge < -0.3 is 14.2 Å². The molecule has 0 aliphatic heterocycles. The van der Waals surface area contributed by atoms with E-state index < -0.39 is 15.0 Å². The SMILES string of the molecule is COc1ccccc1CNC(=O)c1ccc(OS(=O)(=O)c2cc([N+](=O)[O-])ccc2C)cc1. The summed E-state index contributed by atoms with van der Waals surface area (Å²) >= 11 is 0. The summed E-state index contributed by atoms with van der Waals surface area (Å²) in [4.78, 5) is 22.4. The molecule has 0 saturated carbocycles. The van der Waals surface area contributed by atoms with Gasteiger partial charge in [0, 0.05) is 29.8 Å². The third-order valence-corrected chi connectivity index (χ3v) is 6.00. The predicted octanol–water partition coefficient (Wildman–Crippen LogP) is 3.61. The van der Waals surface area contributed by atoms with Crippen molar-refractivity contribution in [2.75, 3.05) is 7.11 Å². The molecule has 0 radical (unpaired) electrons. The first kappa shape index (κ1) is 22.8. The Labute approximate surface area is 184 Å². The van der Waals surface area contributed by atoms with Crippen LogP contribution in [0.1, 0.15) is 21.5 Å². The molecule has 1 amide bonds. The quantitative estimate of drug-likeness (QED) is 0.312. The lowest BCUT2D eigenvalue weighted by atomic mass is 10.1. The topological polar surface area (TPSA) is 125 Å². The molecule has 0 spiro atoms. The van der Waals surface area contributed by atoms with Crippen molar-refractivity contribution in [3.8, 4) is 11.5 Å². The molecule has 32 heavy (non-hydrogen) atoms. The van der Waals surface area contributed by atoms with Crippen LogP contribution in [-0.4, -0.2) is 26.4 Å². The van der Waals surface area contributed by atoms with Crippen molar-refractivity contribution in [3.63, 3.8) is 0 Å². The Balaban J connectivity index is 1.71. The van der Waals surface area contributed by atoms with Gasteiger partial charge >= 0.3 is 10.1 Å². The zero-order valence-corrected chi connectivity index (χ0v) is 18.1. The second kappa shape index (κ2) is 9.48. The van der Waals surface area contributed by atoms with Crippen molar-refractivity contribution in [2.45, 2.75) is 18.4 Å². The largest absolute Gasteiger partial charge is 0.496 e. The van der Waals surface area contributed by atoms with E-state index in [1.807, 2.05) is 18.2 Å². The number of carbonyl (C=O) groups is 1. The lowest BCUT2D eigenvalue weighted by Crippen LogP contribution is -2.23. The molecule has 0 atom stereocenters. The smallest absolute Gasteiger partial charge is 0.339 e. The van der Waals surface area contributed by atoms with Gasteiger partial charge in [-0.15, -0.1) is 0 Å². The molecule has 3 rings (SSSR count). The summed E-state index contributed by atoms with van der Waals surface area (Å²) in [6.45, 7) is 1.76. The number of carbonyl (C=O) groups excluding carboxylic acids is 1. The van der Waals surface area contributed by atoms with Crippen LogP contribution in [-0.2, 0) is 16.7 Å². The number of nitro benzene ring substituents is 1. The summed E-state index contributed by atoms with van der Waals surface area (Å²) in [7, 11) is -2.76. The van der Waals surface area contributed by atoms with Crippen LogP contribution < -0.4 is 14.2 Å². The van der Waals surface area contributed by atoms with Gasteiger partial charge in [-0.3, -0.25) is 14.9 Å². The lowest BCUT2D eigenvalue weighted by Gasteiger charge is -2.11. The van der Waals surface area contributed by atoms with Gasteiger partial charge in [0.05, 0.1) is 12.0 Å². The number of para-hydroxylation sites is 1. The number of nitro groups is 1. The van der Waals surface area contributed by atoms with Gasteiger partial charge in [-0.05, 0) is 42.8 Å². The maximum Gasteiger partial charge on any atom is 0.339 e. The molecule has 1 N–H and O–H groups in total. The number of hydrogen-bond donors (Lipinski definition) is 1. The van der Waals surface area contributed by atoms with Gasteiger partial charge in [0.25, 0.3) is 11.6 Å². The second-order valence-corrected chi connectivity index (χ2v) is 8.28. The second-order valence-electron chi connectivity index (χ2n) is 6.76. The molecule has 166 valence electrons. The van der Waals surface area contributed by atoms with Crippen LogP contribution in [0, 0.1) is 17.0 Å². The molecule has 10 heteroatoms. The standard InChI is InChI=1S/C22H20N2O7S/c1-15-7-10-18(24(26)27)13-21(15)32(28,29)31-19-11-8-16(9-12-19)22(25)23-14-17-5-3-4-6-20(17)30-2/h3-13H,14H2,1-2H3,(H,23,25). The van der Waals surface area contributed by atoms with Crippen molar-refractivity contribution in [2.24, 2.45) is 0 Å². The Hall–Kier alpha value is -3.92. The number of non-ortho nitro benzene ring substituents is 1. The van der Waals surface area contributed by atoms with Crippen molar-refractivity contribution in [1.82, 2.24) is 5.32 Å². The Morgan fingerprint density at radius 1 is 1.06 bits per heavy atom. The highest BCUT2D eigenvalue weighted by Gasteiger charge is 2.23. The van der Waals surface area contributed by atoms with E-state index in [4.69, 9.17) is 8.92 Å². The van der Waals surface area contributed by atoms with Crippen LogP contribution in [0.25, 0.3) is 0 Å². The van der Waals surface area contributed by atoms with Gasteiger partial charge in [0.2, 0.25) is 0 Å². The summed E-state index contributed by atoms with van der Waals surface area (Å²) < 4.78 is 35.5. The zero-order valence-electron chi connectivity index (χ0n) is 17.3. The first-order valence-electron chi connectivity index (χ1n) is 9.41. The van der Waals surface area contributed by atoms with Crippen LogP contribution in [0.15, 0.2) is 71.6 Å². The monoisotopic (exact) mass is 456 g/mol. The molecule has 0 fully saturated rings. The maximum atomic E-state index is 12.6. The number of nitrogens with one attached hydrogen (secondary N) is 1. The van der Waals surface area contributed by atoms with Crippen LogP contribution in [0.5, 0.6) is 11.5 Å². The summed E-state index contributed by atoms with van der Waals surface area (Å²) in [6.07, 6.45) is 0. The molecule has 0 unspecified atom stereocenters. The number of aryl methyl sites for hydroxylation is 1. The molecule has 0 aliphatic carbocycles. The molecule has 0 aromatic heterocycles. The van der Waals surface area contributed by atoms with Gasteiger partial charge in [0.1, 0.15) is 16.4 Å². The molecule has 0 aliphatic rings. The van der Waals surface area contributed by atoms with Crippen LogP contribution >= 0.6 is 0 Å². The van der Waals surface area contributed by atoms with E-state index in [1.165, 1.54) is 43.3 Å². The highest BCUT2D eigenvalue weighted by Crippen LogP contribution is 2.25. The van der Waals surface area contributed by atoms with E-state index in [9.17, 15) is 23.3 Å². The van der Waals surface area contributed by atoms with E-state index in [0.717, 1.165) is 11.6 Å². The minimum absolute atomic E-state index is 0.0304. The van der Waals surface area contributed by atoms with Gasteiger partial charge in [-0.25, -0.2) is 0 Å². The van der Waals surface area contributed by atoms with Gasteiger partial charge in [-0.2, -0.15) is 8.42 Å². The number of hydrogen-bond acceptors (Lipinski definition) is 7. The van der Waals surface area contributed by atoms with E-state index in [1.54, 1.807) is 13.2 Å². The molecule has 9 nitrogen and oxygen atoms in total. The molecule has 0 saturated heterocycles. The van der Waals surface area contributed by atoms with Crippen molar-refractivity contribution in [1.29, 1.82) is 0 Å². The van der Waals surface area contributed by atoms with Gasteiger partial charge in [-0.1, -0.05) is 24.3 Å². The minimum atomic E-state index is -4.31. The average Bonchev–Trinajstić information content (AvgIpc) is 2.77. The van der Waals surface area contributed by atoms with Crippen LogP contribution in [0.3, 0.4) is 0 Å².